The van der Waals surface area contributed by atoms with Gasteiger partial charge in [-0.3, -0.25) is 4.57 Å². The van der Waals surface area contributed by atoms with Crippen LogP contribution >= 0.6 is 11.8 Å². The Bertz CT molecular complexity index is 827. The third-order valence-electron chi connectivity index (χ3n) is 5.14. The van der Waals surface area contributed by atoms with Crippen LogP contribution in [0.15, 0.2) is 17.3 Å². The lowest BCUT2D eigenvalue weighted by molar-refractivity contribution is -0.129. The van der Waals surface area contributed by atoms with Crippen molar-refractivity contribution in [3.05, 3.63) is 12.1 Å². The first-order chi connectivity index (χ1) is 14.4. The summed E-state index contributed by atoms with van der Waals surface area (Å²) in [5, 5.41) is 9.09. The molecule has 10 heteroatoms. The van der Waals surface area contributed by atoms with Crippen LogP contribution in [0.1, 0.15) is 44.6 Å². The van der Waals surface area contributed by atoms with Crippen molar-refractivity contribution in [2.45, 2.75) is 55.9 Å². The number of halogens is 3. The summed E-state index contributed by atoms with van der Waals surface area (Å²) in [4.78, 5) is 0. The molecular formula is C20H26F3N3O3S. The molecule has 1 heterocycles. The average molecular weight is 446 g/mol. The van der Waals surface area contributed by atoms with Gasteiger partial charge in [-0.1, -0.05) is 31.0 Å². The lowest BCUT2D eigenvalue weighted by Gasteiger charge is -2.26. The Morgan fingerprint density at radius 2 is 1.63 bits per heavy atom. The van der Waals surface area contributed by atoms with Crippen LogP contribution in [0.5, 0.6) is 17.2 Å². The van der Waals surface area contributed by atoms with Gasteiger partial charge in [-0.05, 0) is 25.0 Å². The Balaban J connectivity index is 2.01. The van der Waals surface area contributed by atoms with Crippen molar-refractivity contribution in [2.24, 2.45) is 0 Å². The molecule has 1 aromatic carbocycles. The second-order valence-corrected chi connectivity index (χ2v) is 8.16. The highest BCUT2D eigenvalue weighted by atomic mass is 32.2. The number of benzene rings is 1. The van der Waals surface area contributed by atoms with E-state index in [-0.39, 0.29) is 11.8 Å². The molecule has 1 fully saturated rings. The van der Waals surface area contributed by atoms with E-state index < -0.39 is 12.6 Å². The largest absolute Gasteiger partial charge is 0.493 e. The number of aromatic nitrogens is 3. The summed E-state index contributed by atoms with van der Waals surface area (Å²) < 4.78 is 56.1. The molecule has 166 valence electrons. The van der Waals surface area contributed by atoms with Crippen molar-refractivity contribution in [2.75, 3.05) is 27.1 Å². The molecule has 0 saturated heterocycles. The van der Waals surface area contributed by atoms with Crippen molar-refractivity contribution in [1.29, 1.82) is 0 Å². The van der Waals surface area contributed by atoms with Crippen LogP contribution in [0.4, 0.5) is 13.2 Å². The molecule has 30 heavy (non-hydrogen) atoms. The average Bonchev–Trinajstić information content (AvgIpc) is 3.16. The zero-order valence-electron chi connectivity index (χ0n) is 17.3. The van der Waals surface area contributed by atoms with Crippen molar-refractivity contribution in [1.82, 2.24) is 14.8 Å². The van der Waals surface area contributed by atoms with Gasteiger partial charge in [-0.25, -0.2) is 0 Å². The SMILES string of the molecule is COc1cc(-c2nnc(SCCC(F)(F)F)n2C2CCCCC2)cc(OC)c1OC. The first-order valence-electron chi connectivity index (χ1n) is 9.82. The Hall–Kier alpha value is -2.10. The van der Waals surface area contributed by atoms with Crippen LogP contribution in [0.2, 0.25) is 0 Å². The maximum absolute atomic E-state index is 12.6. The number of nitrogens with zero attached hydrogens (tertiary/aromatic N) is 3. The summed E-state index contributed by atoms with van der Waals surface area (Å²) in [5.74, 6) is 1.93. The molecule has 0 spiro atoms. The van der Waals surface area contributed by atoms with Gasteiger partial charge in [0.05, 0.1) is 27.8 Å². The van der Waals surface area contributed by atoms with Gasteiger partial charge >= 0.3 is 6.18 Å². The summed E-state index contributed by atoms with van der Waals surface area (Å²) in [6, 6.07) is 3.72. The first kappa shape index (κ1) is 22.6. The van der Waals surface area contributed by atoms with Crippen LogP contribution in [0, 0.1) is 0 Å². The normalized spacial score (nSPS) is 15.3. The van der Waals surface area contributed by atoms with E-state index in [0.29, 0.717) is 33.8 Å². The monoisotopic (exact) mass is 445 g/mol. The van der Waals surface area contributed by atoms with E-state index in [4.69, 9.17) is 14.2 Å². The molecule has 0 amide bonds. The Morgan fingerprint density at radius 3 is 2.17 bits per heavy atom. The van der Waals surface area contributed by atoms with Crippen molar-refractivity contribution in [3.63, 3.8) is 0 Å². The number of hydrogen-bond donors (Lipinski definition) is 0. The minimum atomic E-state index is -4.19. The molecular weight excluding hydrogens is 419 g/mol. The first-order valence-corrected chi connectivity index (χ1v) is 10.8. The highest BCUT2D eigenvalue weighted by molar-refractivity contribution is 7.99. The maximum Gasteiger partial charge on any atom is 0.389 e. The number of ether oxygens (including phenoxy) is 3. The summed E-state index contributed by atoms with van der Waals surface area (Å²) in [6.45, 7) is 0. The number of rotatable bonds is 8. The van der Waals surface area contributed by atoms with Crippen LogP contribution in [0.25, 0.3) is 11.4 Å². The van der Waals surface area contributed by atoms with E-state index in [2.05, 4.69) is 10.2 Å². The van der Waals surface area contributed by atoms with Crippen LogP contribution in [0.3, 0.4) is 0 Å². The Kier molecular flexibility index (Phi) is 7.38. The predicted molar refractivity (Wildman–Crippen MR) is 109 cm³/mol. The van der Waals surface area contributed by atoms with Crippen LogP contribution in [-0.4, -0.2) is 48.0 Å². The van der Waals surface area contributed by atoms with Crippen molar-refractivity contribution >= 4 is 11.8 Å². The molecule has 0 bridgehead atoms. The summed E-state index contributed by atoms with van der Waals surface area (Å²) in [7, 11) is 4.59. The number of methoxy groups -OCH3 is 3. The summed E-state index contributed by atoms with van der Waals surface area (Å²) >= 11 is 1.09. The fourth-order valence-corrected chi connectivity index (χ4v) is 4.70. The molecule has 6 nitrogen and oxygen atoms in total. The van der Waals surface area contributed by atoms with Gasteiger partial charge in [0.2, 0.25) is 5.75 Å². The molecule has 3 rings (SSSR count). The molecule has 0 aliphatic heterocycles. The number of hydrogen-bond acceptors (Lipinski definition) is 6. The van der Waals surface area contributed by atoms with Gasteiger partial charge in [-0.15, -0.1) is 10.2 Å². The van der Waals surface area contributed by atoms with E-state index >= 15 is 0 Å². The van der Waals surface area contributed by atoms with E-state index in [1.165, 1.54) is 21.3 Å². The van der Waals surface area contributed by atoms with Gasteiger partial charge in [0.15, 0.2) is 22.5 Å². The topological polar surface area (TPSA) is 58.4 Å². The number of thioether (sulfide) groups is 1. The summed E-state index contributed by atoms with van der Waals surface area (Å²) in [5.41, 5.74) is 0.713. The van der Waals surface area contributed by atoms with Crippen molar-refractivity contribution in [3.8, 4) is 28.6 Å². The second-order valence-electron chi connectivity index (χ2n) is 7.10. The molecule has 1 aromatic heterocycles. The molecule has 0 atom stereocenters. The highest BCUT2D eigenvalue weighted by Gasteiger charge is 2.29. The van der Waals surface area contributed by atoms with Gasteiger partial charge in [0, 0.05) is 17.4 Å². The Labute approximate surface area is 178 Å². The van der Waals surface area contributed by atoms with Gasteiger partial charge < -0.3 is 14.2 Å². The molecule has 0 N–H and O–H groups in total. The minimum Gasteiger partial charge on any atom is -0.493 e. The standard InChI is InChI=1S/C20H26F3N3O3S/c1-27-15-11-13(12-16(28-2)17(15)29-3)18-24-25-19(30-10-9-20(21,22)23)26(18)14-7-5-4-6-8-14/h11-12,14H,4-10H2,1-3H3. The highest BCUT2D eigenvalue weighted by Crippen LogP contribution is 2.43. The predicted octanol–water partition coefficient (Wildman–Crippen LogP) is 5.52. The number of alkyl halides is 3. The molecule has 2 aromatic rings. The van der Waals surface area contributed by atoms with Crippen LogP contribution in [-0.2, 0) is 0 Å². The van der Waals surface area contributed by atoms with E-state index in [1.807, 2.05) is 4.57 Å². The molecule has 1 aliphatic rings. The molecule has 1 aliphatic carbocycles. The fraction of sp³-hybridized carbons (Fsp3) is 0.600. The van der Waals surface area contributed by atoms with Gasteiger partial charge in [0.25, 0.3) is 0 Å². The maximum atomic E-state index is 12.6. The van der Waals surface area contributed by atoms with E-state index in [0.717, 1.165) is 43.9 Å². The van der Waals surface area contributed by atoms with E-state index in [1.54, 1.807) is 12.1 Å². The van der Waals surface area contributed by atoms with Gasteiger partial charge in [0.1, 0.15) is 0 Å². The Morgan fingerprint density at radius 1 is 1.00 bits per heavy atom. The zero-order valence-corrected chi connectivity index (χ0v) is 18.1. The zero-order chi connectivity index (χ0) is 21.7. The lowest BCUT2D eigenvalue weighted by atomic mass is 9.95. The quantitative estimate of drug-likeness (QED) is 0.499. The molecule has 0 radical (unpaired) electrons. The molecule has 0 unspecified atom stereocenters. The fourth-order valence-electron chi connectivity index (χ4n) is 3.71. The lowest BCUT2D eigenvalue weighted by Crippen LogP contribution is -2.15. The third-order valence-corrected chi connectivity index (χ3v) is 6.09. The third kappa shape index (κ3) is 5.14. The molecule has 1 saturated carbocycles. The van der Waals surface area contributed by atoms with Gasteiger partial charge in [-0.2, -0.15) is 13.2 Å². The van der Waals surface area contributed by atoms with Crippen LogP contribution < -0.4 is 14.2 Å². The second kappa shape index (κ2) is 9.80. The van der Waals surface area contributed by atoms with E-state index in [9.17, 15) is 13.2 Å². The minimum absolute atomic E-state index is 0.0936. The summed E-state index contributed by atoms with van der Waals surface area (Å²) in [6.07, 6.45) is 0.143. The smallest absolute Gasteiger partial charge is 0.389 e. The van der Waals surface area contributed by atoms with Crippen molar-refractivity contribution < 1.29 is 27.4 Å².